The van der Waals surface area contributed by atoms with Gasteiger partial charge in [0.15, 0.2) is 5.60 Å². The van der Waals surface area contributed by atoms with Gasteiger partial charge in [0.25, 0.3) is 10.0 Å². The molecule has 2 atom stereocenters. The normalized spacial score (nSPS) is 18.1. The molecule has 34 heavy (non-hydrogen) atoms. The first-order chi connectivity index (χ1) is 15.9. The fourth-order valence-electron chi connectivity index (χ4n) is 3.57. The zero-order valence-corrected chi connectivity index (χ0v) is 20.7. The molecule has 0 amide bonds. The number of rotatable bonds is 6. The summed E-state index contributed by atoms with van der Waals surface area (Å²) in [6.07, 6.45) is -4.66. The number of aliphatic hydroxyl groups is 1. The van der Waals surface area contributed by atoms with E-state index in [2.05, 4.69) is 11.8 Å². The largest absolute Gasteiger partial charge is 0.421 e. The van der Waals surface area contributed by atoms with E-state index in [4.69, 9.17) is 4.74 Å². The monoisotopic (exact) mass is 516 g/mol. The zero-order chi connectivity index (χ0) is 25.1. The highest BCUT2D eigenvalue weighted by atomic mass is 32.2. The lowest BCUT2D eigenvalue weighted by molar-refractivity contribution is -0.258. The topological polar surface area (TPSA) is 70.1 Å². The minimum Gasteiger partial charge on any atom is -0.376 e. The van der Waals surface area contributed by atoms with Gasteiger partial charge in [-0.05, 0) is 42.5 Å². The van der Waals surface area contributed by atoms with Gasteiger partial charge >= 0.3 is 6.18 Å². The number of hydrogen-bond acceptors (Lipinski definition) is 6. The highest BCUT2D eigenvalue weighted by molar-refractivity contribution is 7.91. The van der Waals surface area contributed by atoms with E-state index in [1.54, 1.807) is 17.5 Å². The van der Waals surface area contributed by atoms with Crippen LogP contribution in [-0.2, 0) is 20.4 Å². The molecule has 11 heteroatoms. The van der Waals surface area contributed by atoms with Crippen LogP contribution in [0.25, 0.3) is 0 Å². The van der Waals surface area contributed by atoms with Gasteiger partial charge in [-0.15, -0.1) is 11.3 Å². The van der Waals surface area contributed by atoms with Gasteiger partial charge in [-0.25, -0.2) is 8.42 Å². The smallest absolute Gasteiger partial charge is 0.376 e. The Kier molecular flexibility index (Phi) is 7.99. The Morgan fingerprint density at radius 2 is 1.88 bits per heavy atom. The maximum Gasteiger partial charge on any atom is 0.421 e. The number of piperazine rings is 1. The molecule has 1 N–H and O–H groups in total. The first-order valence-electron chi connectivity index (χ1n) is 10.7. The van der Waals surface area contributed by atoms with Gasteiger partial charge in [0.05, 0.1) is 5.69 Å². The molecule has 1 unspecified atom stereocenters. The Morgan fingerprint density at radius 1 is 1.21 bits per heavy atom. The molecule has 2 heterocycles. The maximum atomic E-state index is 13.4. The molecule has 1 aromatic carbocycles. The minimum atomic E-state index is -4.86. The Balaban J connectivity index is 1.91. The number of sulfonamides is 1. The Morgan fingerprint density at radius 3 is 2.41 bits per heavy atom. The average Bonchev–Trinajstić information content (AvgIpc) is 3.35. The van der Waals surface area contributed by atoms with Crippen molar-refractivity contribution in [3.8, 4) is 11.8 Å². The lowest BCUT2D eigenvalue weighted by atomic mass is 9.93. The quantitative estimate of drug-likeness (QED) is 0.592. The number of methoxy groups -OCH3 is 1. The fraction of sp³-hybridized carbons (Fsp3) is 0.478. The van der Waals surface area contributed by atoms with Crippen LogP contribution in [0.4, 0.5) is 18.9 Å². The minimum absolute atomic E-state index is 0.227. The summed E-state index contributed by atoms with van der Waals surface area (Å²) >= 11 is 1.15. The summed E-state index contributed by atoms with van der Waals surface area (Å²) in [6.45, 7) is 3.72. The third kappa shape index (κ3) is 5.42. The molecular formula is C23H27F3N2O4S2. The summed E-state index contributed by atoms with van der Waals surface area (Å²) in [7, 11) is -2.08. The Hall–Kier alpha value is -2.10. The van der Waals surface area contributed by atoms with Gasteiger partial charge in [-0.2, -0.15) is 17.5 Å². The Labute approximate surface area is 202 Å². The zero-order valence-electron chi connectivity index (χ0n) is 19.1. The molecule has 1 aliphatic rings. The molecule has 186 valence electrons. The molecule has 6 nitrogen and oxygen atoms in total. The molecular weight excluding hydrogens is 489 g/mol. The second kappa shape index (κ2) is 10.3. The van der Waals surface area contributed by atoms with Crippen molar-refractivity contribution >= 4 is 27.0 Å². The van der Waals surface area contributed by atoms with Crippen LogP contribution in [0.15, 0.2) is 39.9 Å². The molecule has 0 aliphatic carbocycles. The summed E-state index contributed by atoms with van der Waals surface area (Å²) in [6, 6.07) is 7.21. The SMILES string of the molecule is CC[C@@H](C#Cc1cc(C(C)(O)C(F)(F)F)ccc1N1CCN(S(=O)(=O)c2cccs2)CC1)OC. The number of alkyl halides is 3. The Bertz CT molecular complexity index is 1140. The van der Waals surface area contributed by atoms with Crippen molar-refractivity contribution in [3.63, 3.8) is 0 Å². The van der Waals surface area contributed by atoms with Gasteiger partial charge in [-0.3, -0.25) is 0 Å². The lowest BCUT2D eigenvalue weighted by Gasteiger charge is -2.36. The van der Waals surface area contributed by atoms with Gasteiger partial charge in [0.2, 0.25) is 0 Å². The van der Waals surface area contributed by atoms with E-state index in [1.807, 2.05) is 11.8 Å². The predicted octanol–water partition coefficient (Wildman–Crippen LogP) is 3.81. The average molecular weight is 517 g/mol. The van der Waals surface area contributed by atoms with Crippen LogP contribution in [0.3, 0.4) is 0 Å². The highest BCUT2D eigenvalue weighted by Crippen LogP contribution is 2.40. The van der Waals surface area contributed by atoms with Gasteiger partial charge < -0.3 is 14.7 Å². The van der Waals surface area contributed by atoms with E-state index in [0.29, 0.717) is 37.7 Å². The standard InChI is InChI=1S/C23H27F3N2O4S2/c1-4-19(32-3)9-7-17-16-18(22(2,29)23(24,25)26)8-10-20(17)27-11-13-28(14-12-27)34(30,31)21-6-5-15-33-21/h5-6,8,10,15-16,19,29H,4,11-14H2,1-3H3/t19-,22?/m0/s1. The predicted molar refractivity (Wildman–Crippen MR) is 125 cm³/mol. The number of hydrogen-bond donors (Lipinski definition) is 1. The molecule has 3 rings (SSSR count). The van der Waals surface area contributed by atoms with Crippen molar-refractivity contribution < 1.29 is 31.4 Å². The fourth-order valence-corrected chi connectivity index (χ4v) is 6.14. The van der Waals surface area contributed by atoms with E-state index >= 15 is 0 Å². The second-order valence-electron chi connectivity index (χ2n) is 8.03. The first-order valence-corrected chi connectivity index (χ1v) is 13.0. The van der Waals surface area contributed by atoms with Crippen LogP contribution in [0.1, 0.15) is 31.4 Å². The molecule has 1 fully saturated rings. The van der Waals surface area contributed by atoms with E-state index in [1.165, 1.54) is 29.6 Å². The van der Waals surface area contributed by atoms with Gasteiger partial charge in [0, 0.05) is 38.9 Å². The second-order valence-corrected chi connectivity index (χ2v) is 11.1. The summed E-state index contributed by atoms with van der Waals surface area (Å²) < 4.78 is 72.8. The molecule has 1 aliphatic heterocycles. The highest BCUT2D eigenvalue weighted by Gasteiger charge is 2.51. The number of anilines is 1. The number of nitrogens with zero attached hydrogens (tertiary/aromatic N) is 2. The number of ether oxygens (including phenoxy) is 1. The number of thiophene rings is 1. The van der Waals surface area contributed by atoms with Crippen LogP contribution < -0.4 is 4.90 Å². The molecule has 0 saturated carbocycles. The molecule has 0 radical (unpaired) electrons. The van der Waals surface area contributed by atoms with Crippen LogP contribution in [0.2, 0.25) is 0 Å². The van der Waals surface area contributed by atoms with Crippen molar-refractivity contribution in [1.82, 2.24) is 4.31 Å². The lowest BCUT2D eigenvalue weighted by Crippen LogP contribution is -2.48. The third-order valence-corrected chi connectivity index (χ3v) is 9.07. The molecule has 1 saturated heterocycles. The van der Waals surface area contributed by atoms with Crippen LogP contribution in [-0.4, -0.2) is 63.4 Å². The van der Waals surface area contributed by atoms with Crippen LogP contribution in [0.5, 0.6) is 0 Å². The van der Waals surface area contributed by atoms with Gasteiger partial charge in [0.1, 0.15) is 10.3 Å². The molecule has 0 spiro atoms. The summed E-state index contributed by atoms with van der Waals surface area (Å²) in [5.74, 6) is 5.83. The van der Waals surface area contributed by atoms with Crippen molar-refractivity contribution in [2.24, 2.45) is 0 Å². The number of benzene rings is 1. The molecule has 2 aromatic rings. The molecule has 0 bridgehead atoms. The van der Waals surface area contributed by atoms with E-state index in [-0.39, 0.29) is 22.9 Å². The summed E-state index contributed by atoms with van der Waals surface area (Å²) in [4.78, 5) is 1.89. The van der Waals surface area contributed by atoms with Crippen molar-refractivity contribution in [2.75, 3.05) is 38.2 Å². The van der Waals surface area contributed by atoms with Crippen molar-refractivity contribution in [3.05, 3.63) is 46.8 Å². The van der Waals surface area contributed by atoms with E-state index < -0.39 is 27.9 Å². The molecule has 1 aromatic heterocycles. The van der Waals surface area contributed by atoms with Crippen molar-refractivity contribution in [2.45, 2.75) is 42.4 Å². The summed E-state index contributed by atoms with van der Waals surface area (Å²) in [5, 5.41) is 11.9. The first kappa shape index (κ1) is 26.5. The van der Waals surface area contributed by atoms with E-state index in [0.717, 1.165) is 11.3 Å². The van der Waals surface area contributed by atoms with Crippen molar-refractivity contribution in [1.29, 1.82) is 0 Å². The number of halogens is 3. The van der Waals surface area contributed by atoms with E-state index in [9.17, 15) is 26.7 Å². The third-order valence-electron chi connectivity index (χ3n) is 5.80. The van der Waals surface area contributed by atoms with Gasteiger partial charge in [-0.1, -0.05) is 30.9 Å². The van der Waals surface area contributed by atoms with Crippen LogP contribution >= 0.6 is 11.3 Å². The summed E-state index contributed by atoms with van der Waals surface area (Å²) in [5.41, 5.74) is -2.47. The maximum absolute atomic E-state index is 13.4. The van der Waals surface area contributed by atoms with Crippen LogP contribution in [0, 0.1) is 11.8 Å².